The first-order valence-corrected chi connectivity index (χ1v) is 18.0. The van der Waals surface area contributed by atoms with Crippen LogP contribution in [0.25, 0.3) is 6.08 Å². The summed E-state index contributed by atoms with van der Waals surface area (Å²) >= 11 is 1.89. The van der Waals surface area contributed by atoms with Crippen molar-refractivity contribution in [3.05, 3.63) is 59.7 Å². The number of carbonyl (C=O) groups excluding carboxylic acids is 1. The molecule has 0 heterocycles. The zero-order valence-corrected chi connectivity index (χ0v) is 27.8. The van der Waals surface area contributed by atoms with E-state index in [1.165, 1.54) is 114 Å². The fourth-order valence-electron chi connectivity index (χ4n) is 5.24. The summed E-state index contributed by atoms with van der Waals surface area (Å²) in [5, 5.41) is 0. The van der Waals surface area contributed by atoms with Crippen LogP contribution in [0.5, 0.6) is 11.5 Å². The number of hydrogen-bond donors (Lipinski definition) is 0. The first-order valence-electron chi connectivity index (χ1n) is 17.0. The number of rotatable bonds is 26. The molecule has 0 unspecified atom stereocenters. The highest BCUT2D eigenvalue weighted by Gasteiger charge is 2.09. The van der Waals surface area contributed by atoms with E-state index in [2.05, 4.69) is 19.1 Å². The molecule has 2 rings (SSSR count). The quantitative estimate of drug-likeness (QED) is 0.0470. The van der Waals surface area contributed by atoms with E-state index in [4.69, 9.17) is 9.47 Å². The Balaban J connectivity index is 1.54. The molecule has 0 fully saturated rings. The monoisotopic (exact) mass is 594 g/mol. The minimum atomic E-state index is -0.0199. The maximum absolute atomic E-state index is 12.8. The fraction of sp³-hybridized carbons (Fsp3) is 0.605. The summed E-state index contributed by atoms with van der Waals surface area (Å²) in [6, 6.07) is 13.7. The zero-order valence-electron chi connectivity index (χ0n) is 27.0. The number of carbonyl (C=O) groups is 1. The van der Waals surface area contributed by atoms with Gasteiger partial charge in [-0.05, 0) is 74.6 Å². The highest BCUT2D eigenvalue weighted by Crippen LogP contribution is 2.30. The van der Waals surface area contributed by atoms with Gasteiger partial charge in [-0.3, -0.25) is 4.79 Å². The zero-order chi connectivity index (χ0) is 30.1. The molecule has 2 aromatic carbocycles. The van der Waals surface area contributed by atoms with Crippen LogP contribution < -0.4 is 9.47 Å². The van der Waals surface area contributed by atoms with E-state index in [1.807, 2.05) is 55.9 Å². The van der Waals surface area contributed by atoms with Crippen LogP contribution in [-0.4, -0.2) is 24.7 Å². The SMILES string of the molecule is CCCCCCCCCCCCCCCCCCCSc1ccc(C(=O)C=Cc2c(OCC)cccc2OCC)cc1. The third-order valence-corrected chi connectivity index (χ3v) is 8.78. The van der Waals surface area contributed by atoms with Gasteiger partial charge in [0.15, 0.2) is 5.78 Å². The van der Waals surface area contributed by atoms with Crippen LogP contribution >= 0.6 is 11.8 Å². The normalized spacial score (nSPS) is 11.3. The molecule has 0 saturated carbocycles. The largest absolute Gasteiger partial charge is 0.493 e. The van der Waals surface area contributed by atoms with Gasteiger partial charge in [-0.2, -0.15) is 0 Å². The third kappa shape index (κ3) is 15.9. The molecule has 0 aliphatic heterocycles. The highest BCUT2D eigenvalue weighted by atomic mass is 32.2. The van der Waals surface area contributed by atoms with Crippen molar-refractivity contribution in [1.29, 1.82) is 0 Å². The lowest BCUT2D eigenvalue weighted by atomic mass is 10.0. The lowest BCUT2D eigenvalue weighted by Gasteiger charge is -2.12. The van der Waals surface area contributed by atoms with Gasteiger partial charge in [0.1, 0.15) is 11.5 Å². The number of allylic oxidation sites excluding steroid dienone is 1. The Morgan fingerprint density at radius 2 is 1.07 bits per heavy atom. The number of ketones is 1. The minimum Gasteiger partial charge on any atom is -0.493 e. The van der Waals surface area contributed by atoms with Gasteiger partial charge in [-0.15, -0.1) is 11.8 Å². The van der Waals surface area contributed by atoms with E-state index in [-0.39, 0.29) is 5.78 Å². The molecule has 4 heteroatoms. The Morgan fingerprint density at radius 3 is 1.52 bits per heavy atom. The molecule has 0 bridgehead atoms. The predicted molar refractivity (Wildman–Crippen MR) is 183 cm³/mol. The van der Waals surface area contributed by atoms with Gasteiger partial charge in [-0.25, -0.2) is 0 Å². The van der Waals surface area contributed by atoms with Gasteiger partial charge in [0.2, 0.25) is 0 Å². The smallest absolute Gasteiger partial charge is 0.185 e. The lowest BCUT2D eigenvalue weighted by Crippen LogP contribution is -1.99. The van der Waals surface area contributed by atoms with Gasteiger partial charge in [0.25, 0.3) is 0 Å². The summed E-state index contributed by atoms with van der Waals surface area (Å²) in [7, 11) is 0. The number of unbranched alkanes of at least 4 members (excludes halogenated alkanes) is 16. The Bertz CT molecular complexity index is 958. The van der Waals surface area contributed by atoms with Gasteiger partial charge in [0.05, 0.1) is 18.8 Å². The Labute approximate surface area is 262 Å². The van der Waals surface area contributed by atoms with Crippen molar-refractivity contribution in [2.24, 2.45) is 0 Å². The maximum atomic E-state index is 12.8. The topological polar surface area (TPSA) is 35.5 Å². The van der Waals surface area contributed by atoms with Gasteiger partial charge < -0.3 is 9.47 Å². The molecule has 234 valence electrons. The van der Waals surface area contributed by atoms with Crippen LogP contribution in [0, 0.1) is 0 Å². The van der Waals surface area contributed by atoms with E-state index in [0.29, 0.717) is 18.8 Å². The molecule has 0 aliphatic rings. The number of hydrogen-bond acceptors (Lipinski definition) is 4. The summed E-state index contributed by atoms with van der Waals surface area (Å²) in [5.41, 5.74) is 1.50. The molecular formula is C38H58O3S. The number of benzene rings is 2. The Hall–Kier alpha value is -2.20. The van der Waals surface area contributed by atoms with Crippen molar-refractivity contribution in [1.82, 2.24) is 0 Å². The van der Waals surface area contributed by atoms with Gasteiger partial charge in [0, 0.05) is 10.5 Å². The summed E-state index contributed by atoms with van der Waals surface area (Å²) in [6.07, 6.45) is 27.3. The van der Waals surface area contributed by atoms with Crippen molar-refractivity contribution in [3.8, 4) is 11.5 Å². The van der Waals surface area contributed by atoms with Crippen LogP contribution in [0.2, 0.25) is 0 Å². The maximum Gasteiger partial charge on any atom is 0.185 e. The molecule has 0 amide bonds. The van der Waals surface area contributed by atoms with E-state index >= 15 is 0 Å². The Morgan fingerprint density at radius 1 is 0.619 bits per heavy atom. The van der Waals surface area contributed by atoms with E-state index in [0.717, 1.165) is 22.8 Å². The van der Waals surface area contributed by atoms with Gasteiger partial charge >= 0.3 is 0 Å². The molecular weight excluding hydrogens is 536 g/mol. The summed E-state index contributed by atoms with van der Waals surface area (Å²) < 4.78 is 11.5. The van der Waals surface area contributed by atoms with Crippen LogP contribution in [0.15, 0.2) is 53.4 Å². The second kappa shape index (κ2) is 24.3. The average Bonchev–Trinajstić information content (AvgIpc) is 3.00. The molecule has 0 spiro atoms. The Kier molecular flexibility index (Phi) is 20.8. The third-order valence-electron chi connectivity index (χ3n) is 7.68. The fourth-order valence-corrected chi connectivity index (χ4v) is 6.15. The van der Waals surface area contributed by atoms with Crippen molar-refractivity contribution in [3.63, 3.8) is 0 Å². The second-order valence-electron chi connectivity index (χ2n) is 11.3. The molecule has 0 atom stereocenters. The molecule has 0 N–H and O–H groups in total. The number of ether oxygens (including phenoxy) is 2. The lowest BCUT2D eigenvalue weighted by molar-refractivity contribution is 0.104. The summed E-state index contributed by atoms with van der Waals surface area (Å²) in [6.45, 7) is 7.31. The number of thioether (sulfide) groups is 1. The van der Waals surface area contributed by atoms with E-state index in [1.54, 1.807) is 12.2 Å². The second-order valence-corrected chi connectivity index (χ2v) is 12.4. The standard InChI is InChI=1S/C38H58O3S/c1-4-7-8-9-10-11-12-13-14-15-16-17-18-19-20-21-22-32-42-34-28-26-33(27-29-34)36(39)31-30-35-37(40-5-2)24-23-25-38(35)41-6-3/h23-31H,4-22,32H2,1-3H3. The molecule has 2 aromatic rings. The average molecular weight is 595 g/mol. The first kappa shape index (κ1) is 36.0. The molecule has 0 saturated heterocycles. The molecule has 0 aliphatic carbocycles. The first-order chi connectivity index (χ1) is 20.7. The van der Waals surface area contributed by atoms with Crippen molar-refractivity contribution >= 4 is 23.6 Å². The molecule has 42 heavy (non-hydrogen) atoms. The van der Waals surface area contributed by atoms with E-state index < -0.39 is 0 Å². The van der Waals surface area contributed by atoms with Gasteiger partial charge in [-0.1, -0.05) is 116 Å². The summed E-state index contributed by atoms with van der Waals surface area (Å²) in [4.78, 5) is 14.1. The molecule has 0 radical (unpaired) electrons. The van der Waals surface area contributed by atoms with Crippen LogP contribution in [0.4, 0.5) is 0 Å². The van der Waals surface area contributed by atoms with Crippen LogP contribution in [0.1, 0.15) is 146 Å². The van der Waals surface area contributed by atoms with Crippen molar-refractivity contribution in [2.75, 3.05) is 19.0 Å². The van der Waals surface area contributed by atoms with Crippen molar-refractivity contribution < 1.29 is 14.3 Å². The summed E-state index contributed by atoms with van der Waals surface area (Å²) in [5.74, 6) is 2.57. The van der Waals surface area contributed by atoms with Crippen molar-refractivity contribution in [2.45, 2.75) is 135 Å². The highest BCUT2D eigenvalue weighted by molar-refractivity contribution is 7.99. The molecule has 3 nitrogen and oxygen atoms in total. The van der Waals surface area contributed by atoms with E-state index in [9.17, 15) is 4.79 Å². The molecule has 0 aromatic heterocycles. The minimum absolute atomic E-state index is 0.0199. The predicted octanol–water partition coefficient (Wildman–Crippen LogP) is 12.1. The van der Waals surface area contributed by atoms with Crippen LogP contribution in [0.3, 0.4) is 0 Å². The van der Waals surface area contributed by atoms with Crippen LogP contribution in [-0.2, 0) is 0 Å².